The molecule has 0 saturated carbocycles. The van der Waals surface area contributed by atoms with Gasteiger partial charge >= 0.3 is 0 Å². The zero-order valence-corrected chi connectivity index (χ0v) is 11.5. The van der Waals surface area contributed by atoms with Crippen LogP contribution >= 0.6 is 11.8 Å². The van der Waals surface area contributed by atoms with Gasteiger partial charge < -0.3 is 14.3 Å². The number of thioether (sulfide) groups is 1. The van der Waals surface area contributed by atoms with E-state index in [2.05, 4.69) is 15.5 Å². The van der Waals surface area contributed by atoms with E-state index in [1.807, 2.05) is 36.0 Å². The van der Waals surface area contributed by atoms with Gasteiger partial charge in [-0.1, -0.05) is 23.4 Å². The number of nitrogens with zero attached hydrogens (tertiary/aromatic N) is 2. The molecule has 2 aromatic heterocycles. The number of aromatic nitrogens is 2. The maximum atomic E-state index is 5.52. The van der Waals surface area contributed by atoms with E-state index in [0.717, 1.165) is 34.6 Å². The summed E-state index contributed by atoms with van der Waals surface area (Å²) in [6.07, 6.45) is 1.68. The summed E-state index contributed by atoms with van der Waals surface area (Å²) in [5.74, 6) is 3.33. The molecule has 1 unspecified atom stereocenters. The zero-order valence-electron chi connectivity index (χ0n) is 10.7. The highest BCUT2D eigenvalue weighted by atomic mass is 32.2. The third-order valence-corrected chi connectivity index (χ3v) is 4.45. The number of nitrogens with one attached hydrogen (secondary N) is 1. The Balaban J connectivity index is 1.70. The lowest BCUT2D eigenvalue weighted by Gasteiger charge is -2.19. The summed E-state index contributed by atoms with van der Waals surface area (Å²) < 4.78 is 10.9. The summed E-state index contributed by atoms with van der Waals surface area (Å²) in [4.78, 5) is 4.51. The topological polar surface area (TPSA) is 64.1 Å². The number of fused-ring (bicyclic) bond motifs is 1. The van der Waals surface area contributed by atoms with Crippen molar-refractivity contribution in [2.75, 3.05) is 18.1 Å². The van der Waals surface area contributed by atoms with Crippen molar-refractivity contribution in [3.05, 3.63) is 36.4 Å². The Morgan fingerprint density at radius 1 is 1.30 bits per heavy atom. The predicted molar refractivity (Wildman–Crippen MR) is 77.6 cm³/mol. The molecule has 0 spiro atoms. The Morgan fingerprint density at radius 3 is 3.15 bits per heavy atom. The highest BCUT2D eigenvalue weighted by Gasteiger charge is 2.22. The molecule has 1 aliphatic heterocycles. The van der Waals surface area contributed by atoms with Crippen LogP contribution in [0.1, 0.15) is 11.9 Å². The van der Waals surface area contributed by atoms with E-state index < -0.39 is 0 Å². The molecule has 0 amide bonds. The van der Waals surface area contributed by atoms with Crippen molar-refractivity contribution >= 4 is 22.7 Å². The van der Waals surface area contributed by atoms with Crippen LogP contribution in [0.3, 0.4) is 0 Å². The number of para-hydroxylation sites is 1. The first-order valence-electron chi connectivity index (χ1n) is 6.53. The molecule has 102 valence electrons. The molecule has 0 radical (unpaired) electrons. The Morgan fingerprint density at radius 2 is 2.25 bits per heavy atom. The van der Waals surface area contributed by atoms with Crippen molar-refractivity contribution < 1.29 is 8.94 Å². The SMILES string of the molecule is c1ccc2c(-c3noc(C4CSCCN4)n3)coc2c1. The summed E-state index contributed by atoms with van der Waals surface area (Å²) in [7, 11) is 0. The lowest BCUT2D eigenvalue weighted by molar-refractivity contribution is 0.342. The van der Waals surface area contributed by atoms with Gasteiger partial charge in [-0.15, -0.1) is 0 Å². The van der Waals surface area contributed by atoms with Crippen LogP contribution < -0.4 is 5.32 Å². The van der Waals surface area contributed by atoms with Gasteiger partial charge in [-0.2, -0.15) is 16.7 Å². The summed E-state index contributed by atoms with van der Waals surface area (Å²) >= 11 is 1.90. The molecule has 1 fully saturated rings. The van der Waals surface area contributed by atoms with Gasteiger partial charge in [0.2, 0.25) is 11.7 Å². The smallest absolute Gasteiger partial charge is 0.244 e. The van der Waals surface area contributed by atoms with Crippen molar-refractivity contribution in [1.29, 1.82) is 0 Å². The van der Waals surface area contributed by atoms with Gasteiger partial charge in [-0.05, 0) is 6.07 Å². The molecule has 4 rings (SSSR count). The summed E-state index contributed by atoms with van der Waals surface area (Å²) in [5, 5.41) is 8.48. The fourth-order valence-corrected chi connectivity index (χ4v) is 3.29. The fraction of sp³-hybridized carbons (Fsp3) is 0.286. The molecule has 1 aromatic carbocycles. The van der Waals surface area contributed by atoms with Crippen LogP contribution in [-0.4, -0.2) is 28.2 Å². The van der Waals surface area contributed by atoms with Crippen LogP contribution in [0.2, 0.25) is 0 Å². The van der Waals surface area contributed by atoms with Gasteiger partial charge in [0.1, 0.15) is 11.8 Å². The van der Waals surface area contributed by atoms with E-state index >= 15 is 0 Å². The van der Waals surface area contributed by atoms with Crippen molar-refractivity contribution in [2.45, 2.75) is 6.04 Å². The second kappa shape index (κ2) is 4.96. The van der Waals surface area contributed by atoms with Gasteiger partial charge in [0.05, 0.1) is 11.6 Å². The normalized spacial score (nSPS) is 19.5. The van der Waals surface area contributed by atoms with E-state index in [0.29, 0.717) is 11.7 Å². The molecule has 1 N–H and O–H groups in total. The second-order valence-corrected chi connectivity index (χ2v) is 5.83. The lowest BCUT2D eigenvalue weighted by Crippen LogP contribution is -2.30. The third kappa shape index (κ3) is 2.01. The minimum absolute atomic E-state index is 0.146. The first-order chi connectivity index (χ1) is 9.92. The Bertz CT molecular complexity index is 731. The molecule has 5 nitrogen and oxygen atoms in total. The van der Waals surface area contributed by atoms with E-state index in [1.165, 1.54) is 0 Å². The highest BCUT2D eigenvalue weighted by molar-refractivity contribution is 7.99. The van der Waals surface area contributed by atoms with Crippen LogP contribution in [0.25, 0.3) is 22.4 Å². The third-order valence-electron chi connectivity index (χ3n) is 3.38. The monoisotopic (exact) mass is 287 g/mol. The van der Waals surface area contributed by atoms with E-state index in [4.69, 9.17) is 8.94 Å². The quantitative estimate of drug-likeness (QED) is 0.782. The van der Waals surface area contributed by atoms with Crippen LogP contribution in [0.5, 0.6) is 0 Å². The van der Waals surface area contributed by atoms with Gasteiger partial charge in [0, 0.05) is 23.4 Å². The van der Waals surface area contributed by atoms with E-state index in [9.17, 15) is 0 Å². The van der Waals surface area contributed by atoms with Crippen LogP contribution in [0, 0.1) is 0 Å². The molecular formula is C14H13N3O2S. The molecule has 1 aliphatic rings. The van der Waals surface area contributed by atoms with Crippen LogP contribution in [-0.2, 0) is 0 Å². The van der Waals surface area contributed by atoms with Gasteiger partial charge in [0.15, 0.2) is 0 Å². The highest BCUT2D eigenvalue weighted by Crippen LogP contribution is 2.29. The maximum Gasteiger partial charge on any atom is 0.244 e. The molecule has 3 heterocycles. The average molecular weight is 287 g/mol. The Kier molecular flexibility index (Phi) is 2.97. The minimum Gasteiger partial charge on any atom is -0.464 e. The van der Waals surface area contributed by atoms with Crippen LogP contribution in [0.15, 0.2) is 39.5 Å². The molecule has 1 saturated heterocycles. The van der Waals surface area contributed by atoms with Crippen molar-refractivity contribution in [3.63, 3.8) is 0 Å². The first kappa shape index (κ1) is 12.0. The summed E-state index contributed by atoms with van der Waals surface area (Å²) in [6, 6.07) is 7.99. The minimum atomic E-state index is 0.146. The number of benzene rings is 1. The zero-order chi connectivity index (χ0) is 13.4. The standard InChI is InChI=1S/C14H13N3O2S/c1-2-4-12-9(3-1)10(7-18-12)13-16-14(19-17-13)11-8-20-6-5-15-11/h1-4,7,11,15H,5-6,8H2. The van der Waals surface area contributed by atoms with Gasteiger partial charge in [-0.3, -0.25) is 0 Å². The fourth-order valence-electron chi connectivity index (χ4n) is 2.36. The van der Waals surface area contributed by atoms with Gasteiger partial charge in [0.25, 0.3) is 0 Å². The number of rotatable bonds is 2. The summed E-state index contributed by atoms with van der Waals surface area (Å²) in [6.45, 7) is 0.974. The molecular weight excluding hydrogens is 274 g/mol. The number of furan rings is 1. The number of hydrogen-bond donors (Lipinski definition) is 1. The molecule has 1 atom stereocenters. The Hall–Kier alpha value is -1.79. The predicted octanol–water partition coefficient (Wildman–Crippen LogP) is 2.86. The molecule has 20 heavy (non-hydrogen) atoms. The van der Waals surface area contributed by atoms with E-state index in [-0.39, 0.29) is 6.04 Å². The average Bonchev–Trinajstić information content (AvgIpc) is 3.14. The maximum absolute atomic E-state index is 5.52. The first-order valence-corrected chi connectivity index (χ1v) is 7.68. The molecule has 0 aliphatic carbocycles. The van der Waals surface area contributed by atoms with Crippen LogP contribution in [0.4, 0.5) is 0 Å². The second-order valence-electron chi connectivity index (χ2n) is 4.68. The van der Waals surface area contributed by atoms with Crippen molar-refractivity contribution in [1.82, 2.24) is 15.5 Å². The molecule has 3 aromatic rings. The largest absolute Gasteiger partial charge is 0.464 e. The Labute approximate surface area is 119 Å². The van der Waals surface area contributed by atoms with Crippen molar-refractivity contribution in [2.24, 2.45) is 0 Å². The molecule has 0 bridgehead atoms. The number of hydrogen-bond acceptors (Lipinski definition) is 6. The summed E-state index contributed by atoms with van der Waals surface area (Å²) in [5.41, 5.74) is 1.71. The molecule has 6 heteroatoms. The van der Waals surface area contributed by atoms with E-state index in [1.54, 1.807) is 6.26 Å². The lowest BCUT2D eigenvalue weighted by atomic mass is 10.2. The van der Waals surface area contributed by atoms with Gasteiger partial charge in [-0.25, -0.2) is 0 Å². The van der Waals surface area contributed by atoms with Crippen molar-refractivity contribution in [3.8, 4) is 11.4 Å².